The van der Waals surface area contributed by atoms with E-state index in [0.29, 0.717) is 5.57 Å². The van der Waals surface area contributed by atoms with E-state index in [-0.39, 0.29) is 37.5 Å². The van der Waals surface area contributed by atoms with Gasteiger partial charge in [-0.1, -0.05) is 20.8 Å². The first-order valence-corrected chi connectivity index (χ1v) is 12.7. The summed E-state index contributed by atoms with van der Waals surface area (Å²) in [4.78, 5) is 52.3. The number of carbonyl (C=O) groups is 4. The lowest BCUT2D eigenvalue weighted by molar-refractivity contribution is -0.290. The fraction of sp³-hybridized carbons (Fsp3) is 0.769. The van der Waals surface area contributed by atoms with Crippen molar-refractivity contribution in [3.63, 3.8) is 0 Å². The summed E-state index contributed by atoms with van der Waals surface area (Å²) in [5.41, 5.74) is -4.05. The summed E-state index contributed by atoms with van der Waals surface area (Å²) >= 11 is 0. The number of aliphatic hydroxyl groups is 3. The second-order valence-corrected chi connectivity index (χ2v) is 11.9. The number of allylic oxidation sites excluding steroid dienone is 2. The molecule has 2 saturated heterocycles. The summed E-state index contributed by atoms with van der Waals surface area (Å²) in [6.45, 7) is 6.84. The third-order valence-electron chi connectivity index (χ3n) is 9.67. The summed E-state index contributed by atoms with van der Waals surface area (Å²) < 4.78 is 22.6. The number of methoxy groups -OCH3 is 1. The van der Waals surface area contributed by atoms with Crippen molar-refractivity contribution in [1.82, 2.24) is 0 Å². The lowest BCUT2D eigenvalue weighted by Gasteiger charge is -2.67. The number of ketones is 1. The van der Waals surface area contributed by atoms with Crippen LogP contribution in [0.4, 0.5) is 0 Å². The van der Waals surface area contributed by atoms with Crippen LogP contribution < -0.4 is 0 Å². The van der Waals surface area contributed by atoms with E-state index < -0.39 is 82.3 Å². The molecule has 3 N–H and O–H groups in total. The number of esters is 3. The summed E-state index contributed by atoms with van der Waals surface area (Å²) in [6.07, 6.45) is -5.87. The molecule has 2 aliphatic heterocycles. The van der Waals surface area contributed by atoms with Gasteiger partial charge in [-0.2, -0.15) is 0 Å². The number of hydrogen-bond donors (Lipinski definition) is 3. The van der Waals surface area contributed by atoms with E-state index in [1.54, 1.807) is 13.8 Å². The van der Waals surface area contributed by atoms with Crippen LogP contribution in [0.2, 0.25) is 0 Å². The minimum absolute atomic E-state index is 0.00513. The average Bonchev–Trinajstić information content (AvgIpc) is 3.12. The first-order valence-electron chi connectivity index (χ1n) is 12.7. The third kappa shape index (κ3) is 3.10. The van der Waals surface area contributed by atoms with Crippen LogP contribution in [0.3, 0.4) is 0 Å². The van der Waals surface area contributed by atoms with E-state index in [2.05, 4.69) is 0 Å². The molecule has 11 nitrogen and oxygen atoms in total. The maximum absolute atomic E-state index is 13.4. The number of ether oxygens (including phenoxy) is 4. The van der Waals surface area contributed by atoms with Gasteiger partial charge in [0.05, 0.1) is 25.7 Å². The molecule has 0 amide bonds. The Bertz CT molecular complexity index is 1100. The molecule has 11 heteroatoms. The highest BCUT2D eigenvalue weighted by atomic mass is 16.6. The first kappa shape index (κ1) is 26.1. The molecule has 4 fully saturated rings. The fourth-order valence-corrected chi connectivity index (χ4v) is 8.38. The molecule has 0 aromatic carbocycles. The maximum atomic E-state index is 13.4. The summed E-state index contributed by atoms with van der Waals surface area (Å²) in [5.74, 6) is -6.09. The van der Waals surface area contributed by atoms with Crippen molar-refractivity contribution in [2.75, 3.05) is 13.7 Å². The maximum Gasteiger partial charge on any atom is 0.348 e. The number of rotatable bonds is 4. The average molecular weight is 523 g/mol. The van der Waals surface area contributed by atoms with Crippen LogP contribution >= 0.6 is 0 Å². The molecular formula is C26H34O11. The Balaban J connectivity index is 1.72. The first-order chi connectivity index (χ1) is 17.3. The summed E-state index contributed by atoms with van der Waals surface area (Å²) in [6, 6.07) is 0. The van der Waals surface area contributed by atoms with Crippen LogP contribution in [0.5, 0.6) is 0 Å². The van der Waals surface area contributed by atoms with Crippen molar-refractivity contribution in [3.05, 3.63) is 11.3 Å². The standard InChI is InChI=1S/C26H34O11/c1-10(2)6-15(28)37-18-20-25-9-35-26(20,23(33)34-5)21(31)17(30)19(25)24(4)8-13(27)16(29)11(3)12(24)7-14(25)36-22(18)32/h10,12,14,17-21,29-31H,6-9H2,1-5H3/t12?,14?,17?,18?,19?,20?,21-,24-,25+,26+/m0/s1. The second kappa shape index (κ2) is 8.25. The second-order valence-electron chi connectivity index (χ2n) is 11.9. The summed E-state index contributed by atoms with van der Waals surface area (Å²) in [5, 5.41) is 33.6. The minimum Gasteiger partial charge on any atom is -0.504 e. The predicted octanol–water partition coefficient (Wildman–Crippen LogP) is 0.597. The highest BCUT2D eigenvalue weighted by molar-refractivity contribution is 5.95. The van der Waals surface area contributed by atoms with Crippen molar-refractivity contribution in [3.8, 4) is 0 Å². The zero-order valence-corrected chi connectivity index (χ0v) is 21.6. The lowest BCUT2D eigenvalue weighted by Crippen LogP contribution is -2.79. The monoisotopic (exact) mass is 522 g/mol. The van der Waals surface area contributed by atoms with Gasteiger partial charge in [-0.3, -0.25) is 9.59 Å². The van der Waals surface area contributed by atoms with Crippen molar-refractivity contribution in [1.29, 1.82) is 0 Å². The van der Waals surface area contributed by atoms with Crippen molar-refractivity contribution >= 4 is 23.7 Å². The minimum atomic E-state index is -2.19. The highest BCUT2D eigenvalue weighted by Crippen LogP contribution is 2.72. The number of Topliss-reactive ketones (excluding diaryl/α,β-unsaturated/α-hetero) is 1. The predicted molar refractivity (Wildman–Crippen MR) is 123 cm³/mol. The van der Waals surface area contributed by atoms with E-state index in [9.17, 15) is 34.5 Å². The Labute approximate surface area is 214 Å². The SMILES string of the molecule is COC(=O)[C@]12OC[C@@]34C(CC5C(C)=C(O)C(=O)C[C@]5(C)C3C(O)[C@@H]1O)OC(=O)C(OC(=O)CC(C)C)C42. The Hall–Kier alpha value is -2.50. The molecule has 1 spiro atoms. The number of hydrogen-bond acceptors (Lipinski definition) is 11. The van der Waals surface area contributed by atoms with Gasteiger partial charge < -0.3 is 34.3 Å². The van der Waals surface area contributed by atoms with E-state index >= 15 is 0 Å². The largest absolute Gasteiger partial charge is 0.504 e. The van der Waals surface area contributed by atoms with E-state index in [4.69, 9.17) is 18.9 Å². The van der Waals surface area contributed by atoms with E-state index in [1.165, 1.54) is 0 Å². The number of aliphatic hydroxyl groups excluding tert-OH is 3. The molecule has 0 aromatic heterocycles. The molecule has 2 bridgehead atoms. The lowest BCUT2D eigenvalue weighted by atomic mass is 9.38. The van der Waals surface area contributed by atoms with Gasteiger partial charge in [0.1, 0.15) is 12.2 Å². The van der Waals surface area contributed by atoms with Crippen LogP contribution in [0, 0.1) is 34.5 Å². The van der Waals surface area contributed by atoms with Crippen LogP contribution in [0.25, 0.3) is 0 Å². The number of fused-ring (bicyclic) bond motifs is 2. The number of carbonyl (C=O) groups excluding carboxylic acids is 4. The molecule has 0 aromatic rings. The Morgan fingerprint density at radius 3 is 2.49 bits per heavy atom. The van der Waals surface area contributed by atoms with Gasteiger partial charge >= 0.3 is 17.9 Å². The van der Waals surface area contributed by atoms with Crippen LogP contribution in [0.1, 0.15) is 47.0 Å². The van der Waals surface area contributed by atoms with Gasteiger partial charge in [0, 0.05) is 24.2 Å². The smallest absolute Gasteiger partial charge is 0.348 e. The van der Waals surface area contributed by atoms with Crippen molar-refractivity contribution in [2.45, 2.75) is 77.0 Å². The topological polar surface area (TPSA) is 166 Å². The molecule has 3 aliphatic carbocycles. The van der Waals surface area contributed by atoms with Gasteiger partial charge in [0.15, 0.2) is 11.5 Å². The fourth-order valence-electron chi connectivity index (χ4n) is 8.38. The Morgan fingerprint density at radius 2 is 1.86 bits per heavy atom. The Kier molecular flexibility index (Phi) is 5.82. The molecule has 6 unspecified atom stereocenters. The molecule has 5 aliphatic rings. The molecule has 2 heterocycles. The summed E-state index contributed by atoms with van der Waals surface area (Å²) in [7, 11) is 1.10. The van der Waals surface area contributed by atoms with Crippen molar-refractivity contribution < 1.29 is 53.4 Å². The molecule has 2 saturated carbocycles. The van der Waals surface area contributed by atoms with E-state index in [1.807, 2.05) is 13.8 Å². The van der Waals surface area contributed by atoms with Gasteiger partial charge in [-0.15, -0.1) is 0 Å². The molecular weight excluding hydrogens is 488 g/mol. The zero-order chi connectivity index (χ0) is 27.2. The van der Waals surface area contributed by atoms with Gasteiger partial charge in [0.25, 0.3) is 0 Å². The van der Waals surface area contributed by atoms with Gasteiger partial charge in [-0.25, -0.2) is 9.59 Å². The molecule has 5 rings (SSSR count). The van der Waals surface area contributed by atoms with Crippen molar-refractivity contribution in [2.24, 2.45) is 34.5 Å². The van der Waals surface area contributed by atoms with Gasteiger partial charge in [0.2, 0.25) is 11.7 Å². The Morgan fingerprint density at radius 1 is 1.19 bits per heavy atom. The molecule has 0 radical (unpaired) electrons. The quantitative estimate of drug-likeness (QED) is 0.349. The zero-order valence-electron chi connectivity index (χ0n) is 21.6. The van der Waals surface area contributed by atoms with Crippen LogP contribution in [-0.4, -0.2) is 82.7 Å². The van der Waals surface area contributed by atoms with E-state index in [0.717, 1.165) is 7.11 Å². The highest BCUT2D eigenvalue weighted by Gasteiger charge is 2.85. The molecule has 10 atom stereocenters. The van der Waals surface area contributed by atoms with Crippen LogP contribution in [0.15, 0.2) is 11.3 Å². The molecule has 204 valence electrons. The normalized spacial score (nSPS) is 46.2. The molecule has 37 heavy (non-hydrogen) atoms. The van der Waals surface area contributed by atoms with Gasteiger partial charge in [-0.05, 0) is 36.2 Å². The third-order valence-corrected chi connectivity index (χ3v) is 9.67. The van der Waals surface area contributed by atoms with Crippen LogP contribution in [-0.2, 0) is 38.1 Å².